The van der Waals surface area contributed by atoms with Gasteiger partial charge in [-0.1, -0.05) is 0 Å². The Morgan fingerprint density at radius 3 is 2.72 bits per heavy atom. The molecule has 2 aromatic rings. The Morgan fingerprint density at radius 1 is 1.44 bits per heavy atom. The SMILES string of the molecule is CCN(c1cccnc1)S(=O)(=O)c1sccc1Br. The quantitative estimate of drug-likeness (QED) is 0.854. The van der Waals surface area contributed by atoms with Crippen LogP contribution in [0.1, 0.15) is 6.92 Å². The standard InChI is InChI=1S/C11H11BrN2O2S2/c1-2-14(9-4-3-6-13-8-9)18(15,16)11-10(12)5-7-17-11/h3-8H,2H2,1H3. The fraction of sp³-hybridized carbons (Fsp3) is 0.182. The van der Waals surface area contributed by atoms with E-state index in [-0.39, 0.29) is 0 Å². The molecule has 0 spiro atoms. The molecule has 0 unspecified atom stereocenters. The van der Waals surface area contributed by atoms with Gasteiger partial charge >= 0.3 is 0 Å². The van der Waals surface area contributed by atoms with Crippen molar-refractivity contribution in [2.24, 2.45) is 0 Å². The maximum Gasteiger partial charge on any atom is 0.275 e. The molecule has 4 nitrogen and oxygen atoms in total. The van der Waals surface area contributed by atoms with Crippen molar-refractivity contribution in [3.05, 3.63) is 40.4 Å². The maximum absolute atomic E-state index is 12.5. The van der Waals surface area contributed by atoms with Gasteiger partial charge in [-0.05, 0) is 46.4 Å². The molecule has 7 heteroatoms. The molecule has 0 saturated heterocycles. The minimum absolute atomic E-state index is 0.313. The topological polar surface area (TPSA) is 50.3 Å². The van der Waals surface area contributed by atoms with Gasteiger partial charge in [0, 0.05) is 17.2 Å². The lowest BCUT2D eigenvalue weighted by atomic mass is 10.4. The van der Waals surface area contributed by atoms with Crippen molar-refractivity contribution >= 4 is 43.0 Å². The van der Waals surface area contributed by atoms with Crippen molar-refractivity contribution in [1.82, 2.24) is 4.98 Å². The highest BCUT2D eigenvalue weighted by Gasteiger charge is 2.27. The Bertz CT molecular complexity index is 626. The highest BCUT2D eigenvalue weighted by molar-refractivity contribution is 9.10. The zero-order chi connectivity index (χ0) is 13.2. The summed E-state index contributed by atoms with van der Waals surface area (Å²) in [5.74, 6) is 0. The van der Waals surface area contributed by atoms with Gasteiger partial charge in [-0.25, -0.2) is 8.42 Å². The summed E-state index contributed by atoms with van der Waals surface area (Å²) in [5.41, 5.74) is 0.570. The van der Waals surface area contributed by atoms with Crippen LogP contribution < -0.4 is 4.31 Å². The van der Waals surface area contributed by atoms with E-state index in [0.29, 0.717) is 20.9 Å². The first kappa shape index (κ1) is 13.5. The van der Waals surface area contributed by atoms with Crippen LogP contribution in [-0.2, 0) is 10.0 Å². The van der Waals surface area contributed by atoms with Gasteiger partial charge in [0.25, 0.3) is 10.0 Å². The van der Waals surface area contributed by atoms with E-state index in [1.54, 1.807) is 42.9 Å². The highest BCUT2D eigenvalue weighted by atomic mass is 79.9. The number of aromatic nitrogens is 1. The maximum atomic E-state index is 12.5. The lowest BCUT2D eigenvalue weighted by molar-refractivity contribution is 0.593. The monoisotopic (exact) mass is 346 g/mol. The molecule has 96 valence electrons. The molecule has 2 heterocycles. The second kappa shape index (κ2) is 5.38. The van der Waals surface area contributed by atoms with Crippen LogP contribution in [0.4, 0.5) is 5.69 Å². The summed E-state index contributed by atoms with van der Waals surface area (Å²) < 4.78 is 27.3. The summed E-state index contributed by atoms with van der Waals surface area (Å²) >= 11 is 4.46. The fourth-order valence-electron chi connectivity index (χ4n) is 1.56. The van der Waals surface area contributed by atoms with E-state index < -0.39 is 10.0 Å². The summed E-state index contributed by atoms with van der Waals surface area (Å²) in [6.45, 7) is 2.16. The molecule has 0 fully saturated rings. The molecule has 0 aliphatic rings. The van der Waals surface area contributed by atoms with E-state index in [4.69, 9.17) is 0 Å². The van der Waals surface area contributed by atoms with Crippen molar-refractivity contribution in [3.63, 3.8) is 0 Å². The highest BCUT2D eigenvalue weighted by Crippen LogP contribution is 2.32. The third-order valence-electron chi connectivity index (χ3n) is 2.33. The minimum Gasteiger partial charge on any atom is -0.264 e. The molecule has 2 aromatic heterocycles. The molecule has 0 aliphatic carbocycles. The van der Waals surface area contributed by atoms with Crippen LogP contribution in [0.3, 0.4) is 0 Å². The van der Waals surface area contributed by atoms with Crippen LogP contribution in [0.25, 0.3) is 0 Å². The molecule has 0 bridgehead atoms. The largest absolute Gasteiger partial charge is 0.275 e. The van der Waals surface area contributed by atoms with Gasteiger partial charge in [0.2, 0.25) is 0 Å². The van der Waals surface area contributed by atoms with Crippen molar-refractivity contribution < 1.29 is 8.42 Å². The van der Waals surface area contributed by atoms with Crippen LogP contribution in [0, 0.1) is 0 Å². The molecular formula is C11H11BrN2O2S2. The summed E-state index contributed by atoms with van der Waals surface area (Å²) in [5, 5.41) is 1.74. The van der Waals surface area contributed by atoms with Gasteiger partial charge in [0.1, 0.15) is 0 Å². The van der Waals surface area contributed by atoms with Crippen molar-refractivity contribution in [1.29, 1.82) is 0 Å². The lowest BCUT2D eigenvalue weighted by Gasteiger charge is -2.21. The number of halogens is 1. The van der Waals surface area contributed by atoms with E-state index >= 15 is 0 Å². The average Bonchev–Trinajstić information content (AvgIpc) is 2.78. The molecule has 0 radical (unpaired) electrons. The molecule has 2 rings (SSSR count). The third-order valence-corrected chi connectivity index (χ3v) is 6.88. The number of hydrogen-bond acceptors (Lipinski definition) is 4. The van der Waals surface area contributed by atoms with E-state index in [2.05, 4.69) is 20.9 Å². The Labute approximate surface area is 118 Å². The van der Waals surface area contributed by atoms with Crippen molar-refractivity contribution in [3.8, 4) is 0 Å². The Balaban J connectivity index is 2.49. The summed E-state index contributed by atoms with van der Waals surface area (Å²) in [7, 11) is -3.53. The fourth-order valence-corrected chi connectivity index (χ4v) is 5.43. The normalized spacial score (nSPS) is 11.4. The van der Waals surface area contributed by atoms with Gasteiger partial charge in [0.15, 0.2) is 4.21 Å². The zero-order valence-electron chi connectivity index (χ0n) is 9.58. The average molecular weight is 347 g/mol. The predicted molar refractivity (Wildman–Crippen MR) is 76.5 cm³/mol. The Morgan fingerprint density at radius 2 is 2.22 bits per heavy atom. The van der Waals surface area contributed by atoms with Crippen LogP contribution in [0.5, 0.6) is 0 Å². The zero-order valence-corrected chi connectivity index (χ0v) is 12.8. The van der Waals surface area contributed by atoms with E-state index in [1.165, 1.54) is 15.6 Å². The van der Waals surface area contributed by atoms with E-state index in [9.17, 15) is 8.42 Å². The van der Waals surface area contributed by atoms with Gasteiger partial charge < -0.3 is 0 Å². The van der Waals surface area contributed by atoms with Gasteiger partial charge in [-0.2, -0.15) is 0 Å². The molecule has 0 amide bonds. The molecule has 0 aliphatic heterocycles. The summed E-state index contributed by atoms with van der Waals surface area (Å²) in [4.78, 5) is 3.96. The van der Waals surface area contributed by atoms with E-state index in [0.717, 1.165) is 0 Å². The number of hydrogen-bond donors (Lipinski definition) is 0. The Hall–Kier alpha value is -0.920. The Kier molecular flexibility index (Phi) is 4.04. The minimum atomic E-state index is -3.53. The second-order valence-corrected chi connectivity index (χ2v) is 7.27. The van der Waals surface area contributed by atoms with Crippen LogP contribution in [0.15, 0.2) is 44.7 Å². The number of nitrogens with zero attached hydrogens (tertiary/aromatic N) is 2. The second-order valence-electron chi connectivity index (χ2n) is 3.44. The molecular weight excluding hydrogens is 336 g/mol. The van der Waals surface area contributed by atoms with Gasteiger partial charge in [-0.15, -0.1) is 11.3 Å². The summed E-state index contributed by atoms with van der Waals surface area (Å²) in [6.07, 6.45) is 3.16. The molecule has 0 saturated carbocycles. The molecule has 18 heavy (non-hydrogen) atoms. The van der Waals surface area contributed by atoms with Crippen LogP contribution >= 0.6 is 27.3 Å². The van der Waals surface area contributed by atoms with Crippen molar-refractivity contribution in [2.45, 2.75) is 11.1 Å². The first-order chi connectivity index (χ1) is 8.57. The predicted octanol–water partition coefficient (Wildman–Crippen LogP) is 3.12. The number of thiophene rings is 1. The number of rotatable bonds is 4. The van der Waals surface area contributed by atoms with E-state index in [1.807, 2.05) is 0 Å². The van der Waals surface area contributed by atoms with Gasteiger partial charge in [0.05, 0.1) is 11.9 Å². The van der Waals surface area contributed by atoms with Crippen LogP contribution in [-0.4, -0.2) is 19.9 Å². The molecule has 0 atom stereocenters. The number of sulfonamides is 1. The molecule has 0 aromatic carbocycles. The smallest absolute Gasteiger partial charge is 0.264 e. The number of pyridine rings is 1. The van der Waals surface area contributed by atoms with Crippen LogP contribution in [0.2, 0.25) is 0 Å². The number of anilines is 1. The van der Waals surface area contributed by atoms with Crippen molar-refractivity contribution in [2.75, 3.05) is 10.8 Å². The lowest BCUT2D eigenvalue weighted by Crippen LogP contribution is -2.30. The molecule has 0 N–H and O–H groups in total. The first-order valence-corrected chi connectivity index (χ1v) is 8.34. The third kappa shape index (κ3) is 2.43. The summed E-state index contributed by atoms with van der Waals surface area (Å²) in [6, 6.07) is 5.18. The first-order valence-electron chi connectivity index (χ1n) is 5.23. The van der Waals surface area contributed by atoms with Gasteiger partial charge in [-0.3, -0.25) is 9.29 Å².